The summed E-state index contributed by atoms with van der Waals surface area (Å²) in [4.78, 5) is 18.5. The van der Waals surface area contributed by atoms with Gasteiger partial charge in [-0.05, 0) is 30.5 Å². The van der Waals surface area contributed by atoms with Crippen LogP contribution >= 0.6 is 0 Å². The van der Waals surface area contributed by atoms with Crippen LogP contribution in [0.1, 0.15) is 23.2 Å². The van der Waals surface area contributed by atoms with E-state index in [1.807, 2.05) is 42.2 Å². The SMILES string of the molecule is Cc1cccnc1CNC(=O)N1CC[C@H](COCc2ccccc2)C1. The third kappa shape index (κ3) is 5.03. The lowest BCUT2D eigenvalue weighted by molar-refractivity contribution is 0.0897. The molecule has 0 unspecified atom stereocenters. The number of urea groups is 1. The monoisotopic (exact) mass is 339 g/mol. The van der Waals surface area contributed by atoms with Crippen molar-refractivity contribution in [3.63, 3.8) is 0 Å². The highest BCUT2D eigenvalue weighted by Crippen LogP contribution is 2.17. The maximum absolute atomic E-state index is 12.3. The molecule has 2 heterocycles. The fourth-order valence-electron chi connectivity index (χ4n) is 3.05. The molecular formula is C20H25N3O2. The second-order valence-electron chi connectivity index (χ2n) is 6.53. The molecular weight excluding hydrogens is 314 g/mol. The number of nitrogens with one attached hydrogen (secondary N) is 1. The van der Waals surface area contributed by atoms with E-state index in [0.29, 0.717) is 25.7 Å². The molecule has 132 valence electrons. The third-order valence-corrected chi connectivity index (χ3v) is 4.56. The van der Waals surface area contributed by atoms with E-state index >= 15 is 0 Å². The summed E-state index contributed by atoms with van der Waals surface area (Å²) in [7, 11) is 0. The summed E-state index contributed by atoms with van der Waals surface area (Å²) in [5.41, 5.74) is 3.19. The van der Waals surface area contributed by atoms with Gasteiger partial charge in [0, 0.05) is 25.2 Å². The highest BCUT2D eigenvalue weighted by Gasteiger charge is 2.26. The largest absolute Gasteiger partial charge is 0.376 e. The highest BCUT2D eigenvalue weighted by molar-refractivity contribution is 5.74. The molecule has 1 aromatic carbocycles. The normalized spacial score (nSPS) is 16.8. The minimum atomic E-state index is -0.0180. The molecule has 0 saturated carbocycles. The van der Waals surface area contributed by atoms with Crippen LogP contribution in [-0.2, 0) is 17.9 Å². The number of ether oxygens (including phenoxy) is 1. The first-order valence-electron chi connectivity index (χ1n) is 8.77. The van der Waals surface area contributed by atoms with Crippen LogP contribution in [0.5, 0.6) is 0 Å². The van der Waals surface area contributed by atoms with Gasteiger partial charge in [-0.25, -0.2) is 4.79 Å². The standard InChI is InChI=1S/C20H25N3O2/c1-16-6-5-10-21-19(16)12-22-20(24)23-11-9-18(13-23)15-25-14-17-7-3-2-4-8-17/h2-8,10,18H,9,11-15H2,1H3,(H,22,24)/t18-/m0/s1. The zero-order valence-electron chi connectivity index (χ0n) is 14.6. The van der Waals surface area contributed by atoms with Crippen LogP contribution in [0.25, 0.3) is 0 Å². The Labute approximate surface area is 149 Å². The minimum absolute atomic E-state index is 0.0180. The number of likely N-dealkylation sites (tertiary alicyclic amines) is 1. The second kappa shape index (κ2) is 8.62. The maximum Gasteiger partial charge on any atom is 0.317 e. The van der Waals surface area contributed by atoms with Crippen molar-refractivity contribution in [2.24, 2.45) is 5.92 Å². The molecule has 5 nitrogen and oxygen atoms in total. The van der Waals surface area contributed by atoms with E-state index in [4.69, 9.17) is 4.74 Å². The molecule has 25 heavy (non-hydrogen) atoms. The van der Waals surface area contributed by atoms with Gasteiger partial charge in [0.25, 0.3) is 0 Å². The summed E-state index contributed by atoms with van der Waals surface area (Å²) in [5.74, 6) is 0.408. The molecule has 1 aromatic heterocycles. The van der Waals surface area contributed by atoms with Crippen LogP contribution in [0.2, 0.25) is 0 Å². The molecule has 1 fully saturated rings. The molecule has 1 aliphatic rings. The molecule has 1 atom stereocenters. The number of pyridine rings is 1. The zero-order valence-corrected chi connectivity index (χ0v) is 14.6. The summed E-state index contributed by atoms with van der Waals surface area (Å²) >= 11 is 0. The number of rotatable bonds is 6. The number of carbonyl (C=O) groups excluding carboxylic acids is 1. The number of hydrogen-bond acceptors (Lipinski definition) is 3. The zero-order chi connectivity index (χ0) is 17.5. The van der Waals surface area contributed by atoms with Crippen LogP contribution in [0.3, 0.4) is 0 Å². The molecule has 0 bridgehead atoms. The van der Waals surface area contributed by atoms with Crippen LogP contribution in [0.4, 0.5) is 4.79 Å². The summed E-state index contributed by atoms with van der Waals surface area (Å²) in [6.07, 6.45) is 2.75. The number of amides is 2. The first kappa shape index (κ1) is 17.4. The highest BCUT2D eigenvalue weighted by atomic mass is 16.5. The van der Waals surface area contributed by atoms with Gasteiger partial charge in [0.05, 0.1) is 25.5 Å². The Kier molecular flexibility index (Phi) is 6.01. The summed E-state index contributed by atoms with van der Waals surface area (Å²) < 4.78 is 5.81. The third-order valence-electron chi connectivity index (χ3n) is 4.56. The van der Waals surface area contributed by atoms with Gasteiger partial charge >= 0.3 is 6.03 Å². The van der Waals surface area contributed by atoms with Crippen molar-refractivity contribution in [1.29, 1.82) is 0 Å². The predicted molar refractivity (Wildman–Crippen MR) is 97.0 cm³/mol. The Hall–Kier alpha value is -2.40. The van der Waals surface area contributed by atoms with Crippen LogP contribution in [-0.4, -0.2) is 35.6 Å². The summed E-state index contributed by atoms with van der Waals surface area (Å²) in [6.45, 7) is 5.33. The fraction of sp³-hybridized carbons (Fsp3) is 0.400. The first-order chi connectivity index (χ1) is 12.2. The van der Waals surface area contributed by atoms with Gasteiger partial charge < -0.3 is 15.0 Å². The average Bonchev–Trinajstić information content (AvgIpc) is 3.11. The average molecular weight is 339 g/mol. The lowest BCUT2D eigenvalue weighted by Gasteiger charge is -2.17. The molecule has 0 spiro atoms. The van der Waals surface area contributed by atoms with E-state index < -0.39 is 0 Å². The van der Waals surface area contributed by atoms with Gasteiger partial charge in [-0.2, -0.15) is 0 Å². The van der Waals surface area contributed by atoms with Gasteiger partial charge in [-0.15, -0.1) is 0 Å². The lowest BCUT2D eigenvalue weighted by atomic mass is 10.1. The smallest absolute Gasteiger partial charge is 0.317 e. The predicted octanol–water partition coefficient (Wildman–Crippen LogP) is 3.14. The van der Waals surface area contributed by atoms with E-state index in [9.17, 15) is 4.79 Å². The van der Waals surface area contributed by atoms with Crippen LogP contribution in [0.15, 0.2) is 48.7 Å². The Morgan fingerprint density at radius 3 is 2.92 bits per heavy atom. The molecule has 2 amide bonds. The van der Waals surface area contributed by atoms with Crippen LogP contribution < -0.4 is 5.32 Å². The number of hydrogen-bond donors (Lipinski definition) is 1. The topological polar surface area (TPSA) is 54.5 Å². The van der Waals surface area contributed by atoms with Gasteiger partial charge in [0.1, 0.15) is 0 Å². The Bertz CT molecular complexity index is 690. The molecule has 0 radical (unpaired) electrons. The van der Waals surface area contributed by atoms with Crippen molar-refractivity contribution < 1.29 is 9.53 Å². The molecule has 1 aliphatic heterocycles. The Morgan fingerprint density at radius 2 is 2.12 bits per heavy atom. The fourth-order valence-corrected chi connectivity index (χ4v) is 3.05. The molecule has 2 aromatic rings. The summed E-state index contributed by atoms with van der Waals surface area (Å²) in [6, 6.07) is 14.1. The van der Waals surface area contributed by atoms with E-state index in [1.165, 1.54) is 5.56 Å². The van der Waals surface area contributed by atoms with Crippen molar-refractivity contribution in [2.75, 3.05) is 19.7 Å². The number of aromatic nitrogens is 1. The Morgan fingerprint density at radius 1 is 1.28 bits per heavy atom. The second-order valence-corrected chi connectivity index (χ2v) is 6.53. The lowest BCUT2D eigenvalue weighted by Crippen LogP contribution is -2.38. The molecule has 1 saturated heterocycles. The number of nitrogens with zero attached hydrogens (tertiary/aromatic N) is 2. The van der Waals surface area contributed by atoms with Gasteiger partial charge in [-0.3, -0.25) is 4.98 Å². The molecule has 0 aliphatic carbocycles. The minimum Gasteiger partial charge on any atom is -0.376 e. The maximum atomic E-state index is 12.3. The quantitative estimate of drug-likeness (QED) is 0.880. The van der Waals surface area contributed by atoms with Crippen molar-refractivity contribution in [3.05, 3.63) is 65.5 Å². The molecule has 5 heteroatoms. The van der Waals surface area contributed by atoms with Gasteiger partial charge in [0.15, 0.2) is 0 Å². The van der Waals surface area contributed by atoms with Crippen molar-refractivity contribution in [1.82, 2.24) is 15.2 Å². The van der Waals surface area contributed by atoms with Gasteiger partial charge in [-0.1, -0.05) is 36.4 Å². The molecule has 3 rings (SSSR count). The first-order valence-corrected chi connectivity index (χ1v) is 8.77. The van der Waals surface area contributed by atoms with Gasteiger partial charge in [0.2, 0.25) is 0 Å². The van der Waals surface area contributed by atoms with Crippen molar-refractivity contribution in [3.8, 4) is 0 Å². The molecule has 1 N–H and O–H groups in total. The van der Waals surface area contributed by atoms with Crippen molar-refractivity contribution in [2.45, 2.75) is 26.5 Å². The number of benzene rings is 1. The van der Waals surface area contributed by atoms with E-state index in [2.05, 4.69) is 22.4 Å². The number of aryl methyl sites for hydroxylation is 1. The Balaban J connectivity index is 1.38. The van der Waals surface area contributed by atoms with E-state index in [1.54, 1.807) is 6.20 Å². The number of carbonyl (C=O) groups is 1. The van der Waals surface area contributed by atoms with Crippen molar-refractivity contribution >= 4 is 6.03 Å². The van der Waals surface area contributed by atoms with E-state index in [0.717, 1.165) is 30.8 Å². The summed E-state index contributed by atoms with van der Waals surface area (Å²) in [5, 5.41) is 2.97. The van der Waals surface area contributed by atoms with E-state index in [-0.39, 0.29) is 6.03 Å². The van der Waals surface area contributed by atoms with Crippen LogP contribution in [0, 0.1) is 12.8 Å².